The molecule has 0 aliphatic heterocycles. The molecule has 8 heteroatoms. The van der Waals surface area contributed by atoms with Crippen molar-refractivity contribution in [2.75, 3.05) is 0 Å². The van der Waals surface area contributed by atoms with E-state index in [2.05, 4.69) is 0 Å². The van der Waals surface area contributed by atoms with E-state index in [1.807, 2.05) is 0 Å². The molecule has 1 aromatic carbocycles. The Kier molecular flexibility index (Phi) is 4.20. The smallest absolute Gasteiger partial charge is 0.346 e. The van der Waals surface area contributed by atoms with Gasteiger partial charge in [-0.05, 0) is 18.2 Å². The highest BCUT2D eigenvalue weighted by atomic mass is 19.3. The summed E-state index contributed by atoms with van der Waals surface area (Å²) in [7, 11) is 0. The Balaban J connectivity index is 2.71. The Morgan fingerprint density at radius 3 is 2.44 bits per heavy atom. The van der Waals surface area contributed by atoms with E-state index in [0.717, 1.165) is 12.1 Å². The molecule has 0 unspecified atom stereocenters. The highest BCUT2D eigenvalue weighted by molar-refractivity contribution is 5.83. The number of carbonyl (C=O) groups is 1. The zero-order valence-electron chi connectivity index (χ0n) is 8.69. The van der Waals surface area contributed by atoms with Crippen molar-refractivity contribution in [3.8, 4) is 0 Å². The molecule has 18 heavy (non-hydrogen) atoms. The second kappa shape index (κ2) is 5.28. The molecule has 0 fully saturated rings. The number of hydrogen-bond acceptors (Lipinski definition) is 1. The lowest BCUT2D eigenvalue weighted by Crippen LogP contribution is -2.44. The van der Waals surface area contributed by atoms with Crippen LogP contribution in [-0.2, 0) is 11.3 Å². The summed E-state index contributed by atoms with van der Waals surface area (Å²) in [5.74, 6) is -8.91. The molecule has 0 atom stereocenters. The van der Waals surface area contributed by atoms with Gasteiger partial charge in [0.05, 0.1) is 0 Å². The second-order valence-corrected chi connectivity index (χ2v) is 3.34. The summed E-state index contributed by atoms with van der Waals surface area (Å²) in [5.41, 5.74) is -0.423. The quantitative estimate of drug-likeness (QED) is 0.837. The van der Waals surface area contributed by atoms with Crippen LogP contribution in [0.4, 0.5) is 26.3 Å². The van der Waals surface area contributed by atoms with E-state index >= 15 is 0 Å². The van der Waals surface area contributed by atoms with Crippen molar-refractivity contribution in [3.63, 3.8) is 0 Å². The summed E-state index contributed by atoms with van der Waals surface area (Å²) in [6.07, 6.45) is -4.17. The molecule has 0 aromatic heterocycles. The van der Waals surface area contributed by atoms with Crippen LogP contribution in [0.15, 0.2) is 18.2 Å². The molecule has 0 aliphatic carbocycles. The lowest BCUT2D eigenvalue weighted by atomic mass is 10.2. The van der Waals surface area contributed by atoms with Gasteiger partial charge in [-0.2, -0.15) is 8.78 Å². The molecule has 0 aliphatic rings. The van der Waals surface area contributed by atoms with Crippen LogP contribution in [0.2, 0.25) is 0 Å². The molecule has 0 radical (unpaired) electrons. The molecule has 0 heterocycles. The van der Waals surface area contributed by atoms with E-state index in [1.54, 1.807) is 0 Å². The summed E-state index contributed by atoms with van der Waals surface area (Å²) in [4.78, 5) is 10.7. The number of hydrogen-bond donors (Lipinski definition) is 1. The first-order valence-corrected chi connectivity index (χ1v) is 4.63. The Hall–Kier alpha value is -1.73. The third kappa shape index (κ3) is 3.14. The van der Waals surface area contributed by atoms with Gasteiger partial charge in [0, 0.05) is 12.1 Å². The van der Waals surface area contributed by atoms with Crippen LogP contribution in [0.5, 0.6) is 0 Å². The van der Waals surface area contributed by atoms with Gasteiger partial charge in [-0.1, -0.05) is 0 Å². The zero-order chi connectivity index (χ0) is 13.9. The van der Waals surface area contributed by atoms with Crippen molar-refractivity contribution in [2.45, 2.75) is 18.9 Å². The van der Waals surface area contributed by atoms with Crippen LogP contribution in [0.3, 0.4) is 0 Å². The van der Waals surface area contributed by atoms with Crippen molar-refractivity contribution in [1.29, 1.82) is 0 Å². The second-order valence-electron chi connectivity index (χ2n) is 3.34. The average Bonchev–Trinajstić information content (AvgIpc) is 2.29. The van der Waals surface area contributed by atoms with Gasteiger partial charge >= 0.3 is 12.3 Å². The van der Waals surface area contributed by atoms with Gasteiger partial charge in [-0.3, -0.25) is 4.79 Å². The number of alkyl halides is 4. The first kappa shape index (κ1) is 14.3. The van der Waals surface area contributed by atoms with Crippen molar-refractivity contribution in [1.82, 2.24) is 5.32 Å². The molecule has 0 bridgehead atoms. The number of carbonyl (C=O) groups excluding carboxylic acids is 1. The fourth-order valence-electron chi connectivity index (χ4n) is 1.07. The number of amides is 1. The van der Waals surface area contributed by atoms with Gasteiger partial charge < -0.3 is 5.32 Å². The Labute approximate surface area is 97.6 Å². The van der Waals surface area contributed by atoms with Crippen LogP contribution < -0.4 is 5.32 Å². The van der Waals surface area contributed by atoms with Crippen molar-refractivity contribution < 1.29 is 31.1 Å². The molecule has 1 N–H and O–H groups in total. The fraction of sp³-hybridized carbons (Fsp3) is 0.300. The Morgan fingerprint density at radius 2 is 1.89 bits per heavy atom. The third-order valence-electron chi connectivity index (χ3n) is 2.02. The van der Waals surface area contributed by atoms with Crippen molar-refractivity contribution in [3.05, 3.63) is 35.4 Å². The topological polar surface area (TPSA) is 29.1 Å². The minimum absolute atomic E-state index is 0.423. The first-order chi connectivity index (χ1) is 8.25. The predicted molar refractivity (Wildman–Crippen MR) is 49.2 cm³/mol. The van der Waals surface area contributed by atoms with Gasteiger partial charge in [0.25, 0.3) is 5.91 Å². The summed E-state index contributed by atoms with van der Waals surface area (Å²) in [6.45, 7) is -0.815. The minimum atomic E-state index is -4.87. The van der Waals surface area contributed by atoms with Crippen molar-refractivity contribution in [2.24, 2.45) is 0 Å². The van der Waals surface area contributed by atoms with E-state index in [4.69, 9.17) is 0 Å². The van der Waals surface area contributed by atoms with Crippen LogP contribution in [0.25, 0.3) is 0 Å². The molecule has 0 saturated heterocycles. The Bertz CT molecular complexity index is 448. The molecule has 0 spiro atoms. The largest absolute Gasteiger partial charge is 0.383 e. The molecule has 0 saturated carbocycles. The van der Waals surface area contributed by atoms with E-state index in [1.165, 1.54) is 5.32 Å². The lowest BCUT2D eigenvalue weighted by molar-refractivity contribution is -0.169. The van der Waals surface area contributed by atoms with Gasteiger partial charge in [-0.25, -0.2) is 17.6 Å². The summed E-state index contributed by atoms with van der Waals surface area (Å²) in [6, 6.07) is 2.17. The molecule has 1 aromatic rings. The summed E-state index contributed by atoms with van der Waals surface area (Å²) >= 11 is 0. The zero-order valence-corrected chi connectivity index (χ0v) is 8.69. The number of nitrogens with one attached hydrogen (secondary N) is 1. The van der Waals surface area contributed by atoms with Crippen LogP contribution >= 0.6 is 0 Å². The van der Waals surface area contributed by atoms with E-state index in [9.17, 15) is 31.1 Å². The normalized spacial score (nSPS) is 11.7. The van der Waals surface area contributed by atoms with Crippen LogP contribution in [0, 0.1) is 11.6 Å². The fourth-order valence-corrected chi connectivity index (χ4v) is 1.07. The van der Waals surface area contributed by atoms with E-state index < -0.39 is 42.0 Å². The number of benzene rings is 1. The molecular weight excluding hydrogens is 264 g/mol. The third-order valence-corrected chi connectivity index (χ3v) is 2.02. The van der Waals surface area contributed by atoms with Gasteiger partial charge in [0.2, 0.25) is 0 Å². The van der Waals surface area contributed by atoms with E-state index in [0.29, 0.717) is 6.07 Å². The maximum absolute atomic E-state index is 13.0. The molecule has 100 valence electrons. The predicted octanol–water partition coefficient (Wildman–Crippen LogP) is 2.48. The maximum atomic E-state index is 13.0. The lowest BCUT2D eigenvalue weighted by Gasteiger charge is -2.14. The Morgan fingerprint density at radius 1 is 1.28 bits per heavy atom. The van der Waals surface area contributed by atoms with E-state index in [-0.39, 0.29) is 0 Å². The SMILES string of the molecule is O=C(NCc1cc(F)ccc1F)C(F)(F)C(F)F. The minimum Gasteiger partial charge on any atom is -0.346 e. The van der Waals surface area contributed by atoms with Crippen LogP contribution in [-0.4, -0.2) is 18.3 Å². The molecule has 1 rings (SSSR count). The van der Waals surface area contributed by atoms with Crippen molar-refractivity contribution >= 4 is 5.91 Å². The average molecular weight is 271 g/mol. The highest BCUT2D eigenvalue weighted by Gasteiger charge is 2.48. The monoisotopic (exact) mass is 271 g/mol. The standard InChI is InChI=1S/C10H7F6NO/c11-6-1-2-7(12)5(3-6)4-17-9(18)10(15,16)8(13)14/h1-3,8H,4H2,(H,17,18). The van der Waals surface area contributed by atoms with Gasteiger partial charge in [0.1, 0.15) is 11.6 Å². The van der Waals surface area contributed by atoms with Gasteiger partial charge in [-0.15, -0.1) is 0 Å². The first-order valence-electron chi connectivity index (χ1n) is 4.63. The molecule has 1 amide bonds. The molecular formula is C10H7F6NO. The van der Waals surface area contributed by atoms with Gasteiger partial charge in [0.15, 0.2) is 0 Å². The van der Waals surface area contributed by atoms with Crippen LogP contribution in [0.1, 0.15) is 5.56 Å². The maximum Gasteiger partial charge on any atom is 0.383 e. The summed E-state index contributed by atoms with van der Waals surface area (Å²) in [5, 5.41) is 1.41. The highest BCUT2D eigenvalue weighted by Crippen LogP contribution is 2.23. The summed E-state index contributed by atoms with van der Waals surface area (Å²) < 4.78 is 74.3. The molecule has 2 nitrogen and oxygen atoms in total. The number of halogens is 6. The number of rotatable bonds is 4.